The first-order valence-corrected chi connectivity index (χ1v) is 7.87. The van der Waals surface area contributed by atoms with Gasteiger partial charge in [0.25, 0.3) is 5.91 Å². The Morgan fingerprint density at radius 3 is 2.55 bits per heavy atom. The summed E-state index contributed by atoms with van der Waals surface area (Å²) in [6.07, 6.45) is 1.91. The fourth-order valence-corrected chi connectivity index (χ4v) is 2.77. The Hall–Kier alpha value is -2.29. The summed E-state index contributed by atoms with van der Waals surface area (Å²) >= 11 is 0. The molecular formula is C19H21NO2. The lowest BCUT2D eigenvalue weighted by Gasteiger charge is -2.29. The summed E-state index contributed by atoms with van der Waals surface area (Å²) in [5.41, 5.74) is 3.34. The largest absolute Gasteiger partial charge is 0.494 e. The number of nitrogens with zero attached hydrogens (tertiary/aromatic N) is 1. The standard InChI is InChI=1S/C19H21NO2/c1-2-13-22-18-9-7-16(8-10-18)19(21)20-12-11-15-5-3-4-6-17(15)14-20/h3-10H,2,11-14H2,1H3. The van der Waals surface area contributed by atoms with Crippen molar-refractivity contribution in [2.75, 3.05) is 13.2 Å². The van der Waals surface area contributed by atoms with Gasteiger partial charge in [0.2, 0.25) is 0 Å². The molecule has 0 atom stereocenters. The first-order chi connectivity index (χ1) is 10.8. The molecule has 22 heavy (non-hydrogen) atoms. The van der Waals surface area contributed by atoms with Crippen LogP contribution in [0.3, 0.4) is 0 Å². The third kappa shape index (κ3) is 3.14. The number of carbonyl (C=O) groups is 1. The maximum Gasteiger partial charge on any atom is 0.254 e. The van der Waals surface area contributed by atoms with Gasteiger partial charge < -0.3 is 9.64 Å². The summed E-state index contributed by atoms with van der Waals surface area (Å²) in [7, 11) is 0. The number of hydrogen-bond donors (Lipinski definition) is 0. The van der Waals surface area contributed by atoms with Gasteiger partial charge in [-0.15, -0.1) is 0 Å². The van der Waals surface area contributed by atoms with Crippen molar-refractivity contribution in [2.45, 2.75) is 26.3 Å². The number of fused-ring (bicyclic) bond motifs is 1. The van der Waals surface area contributed by atoms with Gasteiger partial charge in [0.1, 0.15) is 5.75 Å². The van der Waals surface area contributed by atoms with Gasteiger partial charge in [0.05, 0.1) is 6.61 Å². The molecule has 1 aliphatic rings. The van der Waals surface area contributed by atoms with Crippen LogP contribution in [0.15, 0.2) is 48.5 Å². The van der Waals surface area contributed by atoms with E-state index in [0.29, 0.717) is 13.2 Å². The summed E-state index contributed by atoms with van der Waals surface area (Å²) in [4.78, 5) is 14.5. The molecule has 3 nitrogen and oxygen atoms in total. The van der Waals surface area contributed by atoms with Gasteiger partial charge in [-0.3, -0.25) is 4.79 Å². The molecule has 3 rings (SSSR count). The van der Waals surface area contributed by atoms with E-state index >= 15 is 0 Å². The van der Waals surface area contributed by atoms with Crippen LogP contribution in [0.1, 0.15) is 34.8 Å². The summed E-state index contributed by atoms with van der Waals surface area (Å²) in [6, 6.07) is 15.8. The fraction of sp³-hybridized carbons (Fsp3) is 0.316. The van der Waals surface area contributed by atoms with E-state index in [9.17, 15) is 4.79 Å². The summed E-state index contributed by atoms with van der Waals surface area (Å²) in [5.74, 6) is 0.916. The molecule has 0 saturated heterocycles. The Morgan fingerprint density at radius 1 is 1.09 bits per heavy atom. The van der Waals surface area contributed by atoms with Gasteiger partial charge in [0.15, 0.2) is 0 Å². The number of benzene rings is 2. The van der Waals surface area contributed by atoms with Gasteiger partial charge in [-0.2, -0.15) is 0 Å². The van der Waals surface area contributed by atoms with Crippen molar-refractivity contribution in [1.82, 2.24) is 4.90 Å². The molecule has 0 aromatic heterocycles. The average Bonchev–Trinajstić information content (AvgIpc) is 2.59. The zero-order valence-corrected chi connectivity index (χ0v) is 12.9. The van der Waals surface area contributed by atoms with Crippen LogP contribution in [0, 0.1) is 0 Å². The highest BCUT2D eigenvalue weighted by Crippen LogP contribution is 2.21. The van der Waals surface area contributed by atoms with E-state index in [1.165, 1.54) is 11.1 Å². The first-order valence-electron chi connectivity index (χ1n) is 7.87. The van der Waals surface area contributed by atoms with Crippen molar-refractivity contribution in [2.24, 2.45) is 0 Å². The highest BCUT2D eigenvalue weighted by atomic mass is 16.5. The van der Waals surface area contributed by atoms with E-state index in [4.69, 9.17) is 4.74 Å². The maximum atomic E-state index is 12.6. The Morgan fingerprint density at radius 2 is 1.82 bits per heavy atom. The lowest BCUT2D eigenvalue weighted by Crippen LogP contribution is -2.35. The lowest BCUT2D eigenvalue weighted by molar-refractivity contribution is 0.0734. The number of ether oxygens (including phenoxy) is 1. The van der Waals surface area contributed by atoms with Crippen LogP contribution in [-0.2, 0) is 13.0 Å². The molecule has 0 unspecified atom stereocenters. The molecule has 2 aromatic rings. The number of rotatable bonds is 4. The van der Waals surface area contributed by atoms with Gasteiger partial charge >= 0.3 is 0 Å². The van der Waals surface area contributed by atoms with Crippen LogP contribution < -0.4 is 4.74 Å². The fourth-order valence-electron chi connectivity index (χ4n) is 2.77. The van der Waals surface area contributed by atoms with Crippen molar-refractivity contribution in [3.8, 4) is 5.75 Å². The van der Waals surface area contributed by atoms with Gasteiger partial charge in [0, 0.05) is 18.7 Å². The molecule has 114 valence electrons. The van der Waals surface area contributed by atoms with Crippen LogP contribution in [0.2, 0.25) is 0 Å². The van der Waals surface area contributed by atoms with E-state index in [2.05, 4.69) is 25.1 Å². The summed E-state index contributed by atoms with van der Waals surface area (Å²) < 4.78 is 5.56. The number of carbonyl (C=O) groups excluding carboxylic acids is 1. The summed E-state index contributed by atoms with van der Waals surface area (Å²) in [5, 5.41) is 0. The monoisotopic (exact) mass is 295 g/mol. The third-order valence-corrected chi connectivity index (χ3v) is 3.99. The van der Waals surface area contributed by atoms with Crippen molar-refractivity contribution in [3.05, 3.63) is 65.2 Å². The predicted molar refractivity (Wildman–Crippen MR) is 87.1 cm³/mol. The zero-order chi connectivity index (χ0) is 15.4. The SMILES string of the molecule is CCCOc1ccc(C(=O)N2CCc3ccccc3C2)cc1. The second-order valence-electron chi connectivity index (χ2n) is 5.62. The zero-order valence-electron chi connectivity index (χ0n) is 12.9. The Kier molecular flexibility index (Phi) is 4.42. The first kappa shape index (κ1) is 14.6. The van der Waals surface area contributed by atoms with Crippen LogP contribution >= 0.6 is 0 Å². The van der Waals surface area contributed by atoms with Crippen molar-refractivity contribution < 1.29 is 9.53 Å². The number of amides is 1. The molecule has 0 bridgehead atoms. The second kappa shape index (κ2) is 6.65. The van der Waals surface area contributed by atoms with Crippen molar-refractivity contribution in [1.29, 1.82) is 0 Å². The highest BCUT2D eigenvalue weighted by molar-refractivity contribution is 5.94. The van der Waals surface area contributed by atoms with Gasteiger partial charge in [-0.05, 0) is 48.2 Å². The molecular weight excluding hydrogens is 274 g/mol. The molecule has 0 fully saturated rings. The maximum absolute atomic E-state index is 12.6. The smallest absolute Gasteiger partial charge is 0.254 e. The quantitative estimate of drug-likeness (QED) is 0.861. The normalized spacial score (nSPS) is 13.6. The molecule has 1 aliphatic heterocycles. The Balaban J connectivity index is 1.69. The minimum atomic E-state index is 0.0940. The number of hydrogen-bond acceptors (Lipinski definition) is 2. The molecule has 0 radical (unpaired) electrons. The van der Waals surface area contributed by atoms with Crippen LogP contribution in [0.4, 0.5) is 0 Å². The molecule has 0 spiro atoms. The van der Waals surface area contributed by atoms with Crippen LogP contribution in [0.25, 0.3) is 0 Å². The van der Waals surface area contributed by atoms with Crippen LogP contribution in [-0.4, -0.2) is 24.0 Å². The van der Waals surface area contributed by atoms with E-state index in [-0.39, 0.29) is 5.91 Å². The molecule has 3 heteroatoms. The van der Waals surface area contributed by atoms with E-state index in [1.807, 2.05) is 35.2 Å². The Bertz CT molecular complexity index is 649. The molecule has 0 aliphatic carbocycles. The molecule has 1 amide bonds. The van der Waals surface area contributed by atoms with E-state index in [0.717, 1.165) is 30.7 Å². The second-order valence-corrected chi connectivity index (χ2v) is 5.62. The molecule has 1 heterocycles. The lowest BCUT2D eigenvalue weighted by atomic mass is 9.99. The Labute approximate surface area is 131 Å². The molecule has 2 aromatic carbocycles. The van der Waals surface area contributed by atoms with Gasteiger partial charge in [-0.1, -0.05) is 31.2 Å². The topological polar surface area (TPSA) is 29.5 Å². The minimum Gasteiger partial charge on any atom is -0.494 e. The predicted octanol–water partition coefficient (Wildman–Crippen LogP) is 3.67. The van der Waals surface area contributed by atoms with Crippen molar-refractivity contribution >= 4 is 5.91 Å². The van der Waals surface area contributed by atoms with Crippen molar-refractivity contribution in [3.63, 3.8) is 0 Å². The summed E-state index contributed by atoms with van der Waals surface area (Å²) in [6.45, 7) is 4.26. The third-order valence-electron chi connectivity index (χ3n) is 3.99. The van der Waals surface area contributed by atoms with Crippen LogP contribution in [0.5, 0.6) is 5.75 Å². The molecule has 0 saturated carbocycles. The van der Waals surface area contributed by atoms with E-state index < -0.39 is 0 Å². The van der Waals surface area contributed by atoms with E-state index in [1.54, 1.807) is 0 Å². The highest BCUT2D eigenvalue weighted by Gasteiger charge is 2.21. The minimum absolute atomic E-state index is 0.0940. The average molecular weight is 295 g/mol. The molecule has 0 N–H and O–H groups in total. The van der Waals surface area contributed by atoms with Gasteiger partial charge in [-0.25, -0.2) is 0 Å².